The first-order chi connectivity index (χ1) is 13.0. The van der Waals surface area contributed by atoms with Crippen LogP contribution in [-0.4, -0.2) is 16.7 Å². The van der Waals surface area contributed by atoms with E-state index in [4.69, 9.17) is 0 Å². The lowest BCUT2D eigenvalue weighted by molar-refractivity contribution is -0.138. The van der Waals surface area contributed by atoms with E-state index >= 15 is 0 Å². The average molecular weight is 364 g/mol. The van der Waals surface area contributed by atoms with Gasteiger partial charge in [0.1, 0.15) is 0 Å². The summed E-state index contributed by atoms with van der Waals surface area (Å²) in [5.74, 6) is 0.284. The van der Waals surface area contributed by atoms with Gasteiger partial charge in [0.15, 0.2) is 0 Å². The van der Waals surface area contributed by atoms with Gasteiger partial charge in [-0.25, -0.2) is 0 Å². The van der Waals surface area contributed by atoms with Crippen LogP contribution < -0.4 is 5.32 Å². The summed E-state index contributed by atoms with van der Waals surface area (Å²) >= 11 is 0. The lowest BCUT2D eigenvalue weighted by atomic mass is 10.0. The number of benzene rings is 2. The van der Waals surface area contributed by atoms with Crippen molar-refractivity contribution in [1.29, 1.82) is 0 Å². The second-order valence-electron chi connectivity index (χ2n) is 7.42. The maximum Gasteiger partial charge on any atom is 0.226 e. The Labute approximate surface area is 161 Å². The number of rotatable bonds is 6. The highest BCUT2D eigenvalue weighted by Crippen LogP contribution is 2.32. The summed E-state index contributed by atoms with van der Waals surface area (Å²) in [6.45, 7) is 4.17. The molecule has 0 spiro atoms. The van der Waals surface area contributed by atoms with E-state index in [0.717, 1.165) is 42.5 Å². The second kappa shape index (κ2) is 8.85. The van der Waals surface area contributed by atoms with Gasteiger partial charge < -0.3 is 10.2 Å². The van der Waals surface area contributed by atoms with Crippen molar-refractivity contribution in [3.05, 3.63) is 65.7 Å². The van der Waals surface area contributed by atoms with Gasteiger partial charge in [-0.05, 0) is 43.0 Å². The van der Waals surface area contributed by atoms with Gasteiger partial charge in [-0.1, -0.05) is 55.3 Å². The summed E-state index contributed by atoms with van der Waals surface area (Å²) in [6, 6.07) is 17.9. The molecule has 0 bridgehead atoms. The van der Waals surface area contributed by atoms with Crippen molar-refractivity contribution in [2.45, 2.75) is 52.1 Å². The summed E-state index contributed by atoms with van der Waals surface area (Å²) in [5.41, 5.74) is 2.93. The molecule has 1 saturated carbocycles. The van der Waals surface area contributed by atoms with Gasteiger partial charge in [0.05, 0.1) is 6.04 Å². The number of hydrogen-bond acceptors (Lipinski definition) is 2. The fraction of sp³-hybridized carbons (Fsp3) is 0.391. The Morgan fingerprint density at radius 3 is 2.44 bits per heavy atom. The maximum atomic E-state index is 13.3. The summed E-state index contributed by atoms with van der Waals surface area (Å²) in [7, 11) is 0. The Morgan fingerprint density at radius 1 is 1.07 bits per heavy atom. The number of nitrogens with zero attached hydrogens (tertiary/aromatic N) is 1. The molecule has 0 heterocycles. The molecule has 1 N–H and O–H groups in total. The van der Waals surface area contributed by atoms with Crippen LogP contribution in [0.15, 0.2) is 54.6 Å². The predicted octanol–water partition coefficient (Wildman–Crippen LogP) is 4.93. The van der Waals surface area contributed by atoms with Crippen molar-refractivity contribution in [3.63, 3.8) is 0 Å². The molecule has 1 aliphatic rings. The molecule has 0 aromatic heterocycles. The van der Waals surface area contributed by atoms with Crippen molar-refractivity contribution >= 4 is 17.5 Å². The zero-order valence-electron chi connectivity index (χ0n) is 16.2. The Bertz CT molecular complexity index is 782. The van der Waals surface area contributed by atoms with E-state index in [0.29, 0.717) is 6.54 Å². The van der Waals surface area contributed by atoms with Crippen LogP contribution in [0.5, 0.6) is 0 Å². The zero-order chi connectivity index (χ0) is 19.2. The molecule has 2 aromatic rings. The van der Waals surface area contributed by atoms with Crippen molar-refractivity contribution < 1.29 is 9.59 Å². The quantitative estimate of drug-likeness (QED) is 0.790. The van der Waals surface area contributed by atoms with Gasteiger partial charge in [0.25, 0.3) is 0 Å². The summed E-state index contributed by atoms with van der Waals surface area (Å²) in [6.07, 6.45) is 4.26. The number of anilines is 1. The summed E-state index contributed by atoms with van der Waals surface area (Å²) in [4.78, 5) is 26.7. The highest BCUT2D eigenvalue weighted by Gasteiger charge is 2.30. The number of carbonyl (C=O) groups is 2. The van der Waals surface area contributed by atoms with E-state index in [1.807, 2.05) is 47.4 Å². The topological polar surface area (TPSA) is 49.4 Å². The SMILES string of the molecule is CC(=O)Nc1cccc([C@@H](C)N(Cc2ccccc2)C(=O)C2CCCC2)c1. The molecule has 2 amide bonds. The monoisotopic (exact) mass is 364 g/mol. The van der Waals surface area contributed by atoms with Crippen molar-refractivity contribution in [3.8, 4) is 0 Å². The van der Waals surface area contributed by atoms with Gasteiger partial charge in [-0.15, -0.1) is 0 Å². The van der Waals surface area contributed by atoms with Crippen LogP contribution in [0, 0.1) is 5.92 Å². The molecule has 1 atom stereocenters. The number of nitrogens with one attached hydrogen (secondary N) is 1. The fourth-order valence-corrected chi connectivity index (χ4v) is 3.85. The molecular formula is C23H28N2O2. The van der Waals surface area contributed by atoms with E-state index in [1.54, 1.807) is 0 Å². The van der Waals surface area contributed by atoms with E-state index in [9.17, 15) is 9.59 Å². The Balaban J connectivity index is 1.86. The highest BCUT2D eigenvalue weighted by atomic mass is 16.2. The zero-order valence-corrected chi connectivity index (χ0v) is 16.2. The lowest BCUT2D eigenvalue weighted by Gasteiger charge is -2.32. The van der Waals surface area contributed by atoms with E-state index < -0.39 is 0 Å². The minimum absolute atomic E-state index is 0.0629. The predicted molar refractivity (Wildman–Crippen MR) is 108 cm³/mol. The molecule has 2 aromatic carbocycles. The van der Waals surface area contributed by atoms with Crippen molar-refractivity contribution in [2.24, 2.45) is 5.92 Å². The van der Waals surface area contributed by atoms with Crippen molar-refractivity contribution in [1.82, 2.24) is 4.90 Å². The smallest absolute Gasteiger partial charge is 0.226 e. The average Bonchev–Trinajstić information content (AvgIpc) is 3.20. The van der Waals surface area contributed by atoms with E-state index in [2.05, 4.69) is 24.4 Å². The third-order valence-electron chi connectivity index (χ3n) is 5.34. The van der Waals surface area contributed by atoms with Gasteiger partial charge >= 0.3 is 0 Å². The number of hydrogen-bond donors (Lipinski definition) is 1. The number of carbonyl (C=O) groups excluding carboxylic acids is 2. The molecular weight excluding hydrogens is 336 g/mol. The molecule has 0 aliphatic heterocycles. The van der Waals surface area contributed by atoms with Gasteiger partial charge in [0.2, 0.25) is 11.8 Å². The van der Waals surface area contributed by atoms with Crippen LogP contribution in [0.25, 0.3) is 0 Å². The molecule has 4 nitrogen and oxygen atoms in total. The molecule has 3 rings (SSSR count). The highest BCUT2D eigenvalue weighted by molar-refractivity contribution is 5.88. The maximum absolute atomic E-state index is 13.3. The van der Waals surface area contributed by atoms with Crippen LogP contribution in [-0.2, 0) is 16.1 Å². The van der Waals surface area contributed by atoms with Crippen LogP contribution in [0.3, 0.4) is 0 Å². The van der Waals surface area contributed by atoms with Gasteiger partial charge in [-0.2, -0.15) is 0 Å². The minimum atomic E-state index is -0.0945. The largest absolute Gasteiger partial charge is 0.331 e. The van der Waals surface area contributed by atoms with Crippen molar-refractivity contribution in [2.75, 3.05) is 5.32 Å². The first kappa shape index (κ1) is 19.2. The van der Waals surface area contributed by atoms with Crippen LogP contribution in [0.4, 0.5) is 5.69 Å². The molecule has 0 radical (unpaired) electrons. The van der Waals surface area contributed by atoms with Crippen LogP contribution in [0.2, 0.25) is 0 Å². The van der Waals surface area contributed by atoms with Crippen LogP contribution >= 0.6 is 0 Å². The number of amides is 2. The normalized spacial score (nSPS) is 15.3. The van der Waals surface area contributed by atoms with E-state index in [1.165, 1.54) is 6.92 Å². The van der Waals surface area contributed by atoms with Gasteiger partial charge in [-0.3, -0.25) is 9.59 Å². The molecule has 27 heavy (non-hydrogen) atoms. The summed E-state index contributed by atoms with van der Waals surface area (Å²) in [5, 5.41) is 2.83. The second-order valence-corrected chi connectivity index (χ2v) is 7.42. The Morgan fingerprint density at radius 2 is 1.78 bits per heavy atom. The minimum Gasteiger partial charge on any atom is -0.331 e. The lowest BCUT2D eigenvalue weighted by Crippen LogP contribution is -2.37. The standard InChI is InChI=1S/C23H28N2O2/c1-17(21-13-8-14-22(15-21)24-18(2)26)25(16-19-9-4-3-5-10-19)23(27)20-11-6-7-12-20/h3-5,8-10,13-15,17,20H,6-7,11-12,16H2,1-2H3,(H,24,26)/t17-/m1/s1. The van der Waals surface area contributed by atoms with E-state index in [-0.39, 0.29) is 23.8 Å². The first-order valence-electron chi connectivity index (χ1n) is 9.76. The Hall–Kier alpha value is -2.62. The molecule has 142 valence electrons. The molecule has 1 fully saturated rings. The molecule has 0 unspecified atom stereocenters. The fourth-order valence-electron chi connectivity index (χ4n) is 3.85. The van der Waals surface area contributed by atoms with Gasteiger partial charge in [0, 0.05) is 25.1 Å². The third kappa shape index (κ3) is 4.97. The van der Waals surface area contributed by atoms with Crippen LogP contribution in [0.1, 0.15) is 56.7 Å². The third-order valence-corrected chi connectivity index (χ3v) is 5.34. The molecule has 1 aliphatic carbocycles. The Kier molecular flexibility index (Phi) is 6.28. The molecule has 4 heteroatoms. The summed E-state index contributed by atoms with van der Waals surface area (Å²) < 4.78 is 0. The molecule has 0 saturated heterocycles. The first-order valence-corrected chi connectivity index (χ1v) is 9.76.